The quantitative estimate of drug-likeness (QED) is 0.597. The van der Waals surface area contributed by atoms with Crippen molar-refractivity contribution >= 4 is 13.0 Å². The van der Waals surface area contributed by atoms with Crippen LogP contribution < -0.4 is 4.74 Å². The van der Waals surface area contributed by atoms with E-state index < -0.39 is 0 Å². The molecular weight excluding hydrogens is 414 g/mol. The van der Waals surface area contributed by atoms with Gasteiger partial charge in [0.05, 0.1) is 12.8 Å². The van der Waals surface area contributed by atoms with E-state index in [1.807, 2.05) is 46.0 Å². The SMILES string of the molecule is C=C1CCCC=C/C1=C(/N=C\C)N(C)C1CC(CCO)C1.C=O.COc1cc(C)cnc1C. The van der Waals surface area contributed by atoms with Gasteiger partial charge in [-0.3, -0.25) is 4.98 Å². The molecule has 1 fully saturated rings. The molecule has 2 aliphatic carbocycles. The third-order valence-corrected chi connectivity index (χ3v) is 6.03. The lowest BCUT2D eigenvalue weighted by atomic mass is 9.77. The molecular formula is C27H41N3O3. The predicted octanol–water partition coefficient (Wildman–Crippen LogP) is 5.20. The number of methoxy groups -OCH3 is 1. The standard InChI is InChI=1S/C18H28N2O.C8H11NO.CH2O/c1-4-19-18(17-9-7-5-6-8-14(17)2)20(3)16-12-15(13-16)10-11-21;1-6-4-8(10-3)7(2)9-5-6;1-2/h4,7,9,15-16,21H,2,5-6,8,10-13H2,1,3H3;4-5H,1-3H3;1H2/b18-17+,19-4-;;. The third-order valence-electron chi connectivity index (χ3n) is 6.03. The lowest BCUT2D eigenvalue weighted by molar-refractivity contribution is -0.0980. The fourth-order valence-electron chi connectivity index (χ4n) is 4.02. The van der Waals surface area contributed by atoms with Gasteiger partial charge in [-0.15, -0.1) is 0 Å². The first-order chi connectivity index (χ1) is 15.9. The van der Waals surface area contributed by atoms with Gasteiger partial charge in [-0.05, 0) is 82.4 Å². The summed E-state index contributed by atoms with van der Waals surface area (Å²) in [5.74, 6) is 2.58. The van der Waals surface area contributed by atoms with E-state index in [0.29, 0.717) is 18.6 Å². The summed E-state index contributed by atoms with van der Waals surface area (Å²) >= 11 is 0. The number of aliphatic hydroxyl groups excluding tert-OH is 1. The number of hydrogen-bond donors (Lipinski definition) is 1. The highest BCUT2D eigenvalue weighted by Crippen LogP contribution is 2.37. The molecule has 0 radical (unpaired) electrons. The normalized spacial score (nSPS) is 21.1. The minimum Gasteiger partial charge on any atom is -0.495 e. The summed E-state index contributed by atoms with van der Waals surface area (Å²) in [6.45, 7) is 12.4. The molecule has 1 saturated carbocycles. The van der Waals surface area contributed by atoms with Gasteiger partial charge in [0.1, 0.15) is 18.4 Å². The zero-order valence-electron chi connectivity index (χ0n) is 21.0. The Morgan fingerprint density at radius 1 is 1.36 bits per heavy atom. The van der Waals surface area contributed by atoms with Crippen LogP contribution in [0, 0.1) is 19.8 Å². The van der Waals surface area contributed by atoms with E-state index in [1.54, 1.807) is 7.11 Å². The fraction of sp³-hybridized carbons (Fsp3) is 0.519. The zero-order chi connectivity index (χ0) is 24.8. The number of ether oxygens (including phenoxy) is 1. The van der Waals surface area contributed by atoms with Crippen LogP contribution in [0.5, 0.6) is 5.75 Å². The van der Waals surface area contributed by atoms with E-state index in [-0.39, 0.29) is 0 Å². The van der Waals surface area contributed by atoms with Crippen LogP contribution in [0.25, 0.3) is 0 Å². The van der Waals surface area contributed by atoms with E-state index in [1.165, 1.54) is 17.6 Å². The number of carbonyl (C=O) groups excluding carboxylic acids is 1. The van der Waals surface area contributed by atoms with Gasteiger partial charge in [0.15, 0.2) is 0 Å². The number of aryl methyl sites for hydroxylation is 2. The number of aliphatic imine (C=N–C) groups is 1. The molecule has 1 heterocycles. The molecule has 0 bridgehead atoms. The molecule has 1 N–H and O–H groups in total. The van der Waals surface area contributed by atoms with Crippen molar-refractivity contribution in [2.45, 2.75) is 65.3 Å². The Kier molecular flexibility index (Phi) is 13.0. The van der Waals surface area contributed by atoms with E-state index >= 15 is 0 Å². The number of allylic oxidation sites excluding steroid dienone is 4. The van der Waals surface area contributed by atoms with Crippen molar-refractivity contribution in [2.24, 2.45) is 10.9 Å². The van der Waals surface area contributed by atoms with E-state index in [0.717, 1.165) is 54.9 Å². The number of aromatic nitrogens is 1. The van der Waals surface area contributed by atoms with Gasteiger partial charge in [-0.25, -0.2) is 4.99 Å². The number of pyridine rings is 1. The molecule has 182 valence electrons. The molecule has 1 aromatic heterocycles. The van der Waals surface area contributed by atoms with Gasteiger partial charge in [-0.1, -0.05) is 18.7 Å². The van der Waals surface area contributed by atoms with Crippen LogP contribution in [0.4, 0.5) is 0 Å². The lowest BCUT2D eigenvalue weighted by Gasteiger charge is -2.42. The van der Waals surface area contributed by atoms with Crippen LogP contribution in [0.3, 0.4) is 0 Å². The van der Waals surface area contributed by atoms with E-state index in [2.05, 4.69) is 40.7 Å². The molecule has 2 aliphatic rings. The summed E-state index contributed by atoms with van der Waals surface area (Å²) in [6.07, 6.45) is 14.7. The zero-order valence-corrected chi connectivity index (χ0v) is 21.0. The van der Waals surface area contributed by atoms with Gasteiger partial charge < -0.3 is 19.5 Å². The topological polar surface area (TPSA) is 75.0 Å². The summed E-state index contributed by atoms with van der Waals surface area (Å²) < 4.78 is 5.06. The van der Waals surface area contributed by atoms with Crippen LogP contribution in [0.1, 0.15) is 56.7 Å². The highest BCUT2D eigenvalue weighted by molar-refractivity contribution is 5.57. The molecule has 6 heteroatoms. The average Bonchev–Trinajstić information content (AvgIpc) is 3.01. The minimum atomic E-state index is 0.307. The summed E-state index contributed by atoms with van der Waals surface area (Å²) in [6, 6.07) is 2.51. The fourth-order valence-corrected chi connectivity index (χ4v) is 4.02. The van der Waals surface area contributed by atoms with Gasteiger partial charge >= 0.3 is 0 Å². The molecule has 0 atom stereocenters. The maximum atomic E-state index is 9.02. The molecule has 0 amide bonds. The second-order valence-corrected chi connectivity index (χ2v) is 8.44. The second kappa shape index (κ2) is 15.2. The smallest absolute Gasteiger partial charge is 0.140 e. The number of nitrogens with zero attached hydrogens (tertiary/aromatic N) is 3. The maximum Gasteiger partial charge on any atom is 0.140 e. The van der Waals surface area contributed by atoms with Crippen molar-refractivity contribution in [2.75, 3.05) is 20.8 Å². The second-order valence-electron chi connectivity index (χ2n) is 8.44. The molecule has 33 heavy (non-hydrogen) atoms. The summed E-state index contributed by atoms with van der Waals surface area (Å²) in [7, 11) is 3.80. The van der Waals surface area contributed by atoms with Gasteiger partial charge in [0.25, 0.3) is 0 Å². The number of aliphatic hydroxyl groups is 1. The van der Waals surface area contributed by atoms with E-state index in [4.69, 9.17) is 14.6 Å². The monoisotopic (exact) mass is 455 g/mol. The van der Waals surface area contributed by atoms with Crippen LogP contribution in [-0.2, 0) is 4.79 Å². The Labute approximate surface area is 199 Å². The summed E-state index contributed by atoms with van der Waals surface area (Å²) in [5.41, 5.74) is 4.46. The molecule has 0 unspecified atom stereocenters. The first kappa shape index (κ1) is 28.3. The molecule has 6 nitrogen and oxygen atoms in total. The van der Waals surface area contributed by atoms with Crippen molar-refractivity contribution in [1.82, 2.24) is 9.88 Å². The van der Waals surface area contributed by atoms with Crippen LogP contribution in [0.15, 0.2) is 53.0 Å². The molecule has 0 aliphatic heterocycles. The minimum absolute atomic E-state index is 0.307. The molecule has 1 aromatic rings. The highest BCUT2D eigenvalue weighted by Gasteiger charge is 2.33. The summed E-state index contributed by atoms with van der Waals surface area (Å²) in [5, 5.41) is 9.02. The van der Waals surface area contributed by atoms with Gasteiger partial charge in [-0.2, -0.15) is 0 Å². The Balaban J connectivity index is 0.000000380. The number of rotatable bonds is 6. The molecule has 0 aromatic carbocycles. The highest BCUT2D eigenvalue weighted by atomic mass is 16.5. The Bertz CT molecular complexity index is 839. The Hall–Kier alpha value is -2.73. The summed E-state index contributed by atoms with van der Waals surface area (Å²) in [4.78, 5) is 19.1. The Morgan fingerprint density at radius 3 is 2.64 bits per heavy atom. The van der Waals surface area contributed by atoms with Gasteiger partial charge in [0.2, 0.25) is 0 Å². The Morgan fingerprint density at radius 2 is 2.06 bits per heavy atom. The third kappa shape index (κ3) is 8.61. The van der Waals surface area contributed by atoms with Crippen LogP contribution in [-0.4, -0.2) is 54.8 Å². The lowest BCUT2D eigenvalue weighted by Crippen LogP contribution is -2.42. The van der Waals surface area contributed by atoms with Crippen molar-refractivity contribution in [1.29, 1.82) is 0 Å². The van der Waals surface area contributed by atoms with Crippen molar-refractivity contribution in [3.63, 3.8) is 0 Å². The van der Waals surface area contributed by atoms with E-state index in [9.17, 15) is 0 Å². The van der Waals surface area contributed by atoms with Crippen molar-refractivity contribution in [3.8, 4) is 5.75 Å². The van der Waals surface area contributed by atoms with Crippen molar-refractivity contribution < 1.29 is 14.6 Å². The van der Waals surface area contributed by atoms with Crippen LogP contribution in [0.2, 0.25) is 0 Å². The maximum absolute atomic E-state index is 9.02. The first-order valence-corrected chi connectivity index (χ1v) is 11.6. The molecule has 0 spiro atoms. The number of carbonyl (C=O) groups is 1. The number of hydrogen-bond acceptors (Lipinski definition) is 6. The molecule has 3 rings (SSSR count). The average molecular weight is 456 g/mol. The largest absolute Gasteiger partial charge is 0.495 e. The van der Waals surface area contributed by atoms with Crippen LogP contribution >= 0.6 is 0 Å². The first-order valence-electron chi connectivity index (χ1n) is 11.6. The predicted molar refractivity (Wildman–Crippen MR) is 137 cm³/mol. The molecule has 0 saturated heterocycles. The van der Waals surface area contributed by atoms with Crippen molar-refractivity contribution in [3.05, 3.63) is 59.2 Å². The van der Waals surface area contributed by atoms with Gasteiger partial charge in [0, 0.05) is 37.7 Å².